The van der Waals surface area contributed by atoms with Gasteiger partial charge in [-0.1, -0.05) is 30.3 Å². The Hall–Kier alpha value is -2.89. The largest absolute Gasteiger partial charge is 0.480 e. The highest BCUT2D eigenvalue weighted by Gasteiger charge is 2.30. The van der Waals surface area contributed by atoms with Gasteiger partial charge in [0, 0.05) is 25.0 Å². The van der Waals surface area contributed by atoms with Gasteiger partial charge in [0.15, 0.2) is 0 Å². The van der Waals surface area contributed by atoms with Gasteiger partial charge in [-0.15, -0.1) is 0 Å². The number of carboxylic acid groups (broad SMARTS) is 1. The third-order valence-electron chi connectivity index (χ3n) is 4.14. The summed E-state index contributed by atoms with van der Waals surface area (Å²) in [5.74, 6) is -1.11. The molecule has 0 radical (unpaired) electrons. The number of hydrogen-bond acceptors (Lipinski definition) is 4. The van der Waals surface area contributed by atoms with E-state index in [9.17, 15) is 14.7 Å². The monoisotopic (exact) mass is 325 g/mol. The lowest BCUT2D eigenvalue weighted by Crippen LogP contribution is -2.36. The summed E-state index contributed by atoms with van der Waals surface area (Å²) in [6.45, 7) is 1.10. The molecule has 1 fully saturated rings. The van der Waals surface area contributed by atoms with Crippen LogP contribution in [-0.2, 0) is 11.3 Å². The van der Waals surface area contributed by atoms with E-state index in [1.54, 1.807) is 18.3 Å². The standard InChI is InChI=1S/C18H19N3O3/c22-17(20-12-13-5-2-1-3-6-13)15-11-14(8-9-19-15)21-10-4-7-16(21)18(23)24/h1-3,5-6,8-9,11,16H,4,7,10,12H2,(H,20,22)(H,23,24). The van der Waals surface area contributed by atoms with Crippen molar-refractivity contribution in [2.75, 3.05) is 11.4 Å². The van der Waals surface area contributed by atoms with Gasteiger partial charge >= 0.3 is 5.97 Å². The molecule has 6 nitrogen and oxygen atoms in total. The quantitative estimate of drug-likeness (QED) is 0.879. The second kappa shape index (κ2) is 7.12. The Balaban J connectivity index is 1.70. The number of nitrogens with zero attached hydrogens (tertiary/aromatic N) is 2. The molecule has 24 heavy (non-hydrogen) atoms. The lowest BCUT2D eigenvalue weighted by Gasteiger charge is -2.23. The lowest BCUT2D eigenvalue weighted by molar-refractivity contribution is -0.138. The van der Waals surface area contributed by atoms with Crippen molar-refractivity contribution >= 4 is 17.6 Å². The number of nitrogens with one attached hydrogen (secondary N) is 1. The number of carbonyl (C=O) groups excluding carboxylic acids is 1. The lowest BCUT2D eigenvalue weighted by atomic mass is 10.2. The van der Waals surface area contributed by atoms with E-state index in [2.05, 4.69) is 10.3 Å². The number of carboxylic acids is 1. The summed E-state index contributed by atoms with van der Waals surface area (Å²) >= 11 is 0. The number of hydrogen-bond donors (Lipinski definition) is 2. The van der Waals surface area contributed by atoms with Crippen LogP contribution >= 0.6 is 0 Å². The maximum absolute atomic E-state index is 12.3. The molecule has 1 aromatic carbocycles. The maximum Gasteiger partial charge on any atom is 0.326 e. The molecule has 1 saturated heterocycles. The summed E-state index contributed by atoms with van der Waals surface area (Å²) in [6, 6.07) is 12.5. The summed E-state index contributed by atoms with van der Waals surface area (Å²) in [5.41, 5.74) is 2.02. The molecule has 0 saturated carbocycles. The van der Waals surface area contributed by atoms with Crippen molar-refractivity contribution in [1.29, 1.82) is 0 Å². The van der Waals surface area contributed by atoms with Crippen molar-refractivity contribution in [3.05, 3.63) is 59.9 Å². The second-order valence-electron chi connectivity index (χ2n) is 5.76. The van der Waals surface area contributed by atoms with E-state index >= 15 is 0 Å². The zero-order valence-electron chi connectivity index (χ0n) is 13.2. The highest BCUT2D eigenvalue weighted by atomic mass is 16.4. The number of benzene rings is 1. The topological polar surface area (TPSA) is 82.5 Å². The van der Waals surface area contributed by atoms with Crippen molar-refractivity contribution in [2.24, 2.45) is 0 Å². The number of anilines is 1. The molecule has 3 rings (SSSR count). The molecule has 2 N–H and O–H groups in total. The van der Waals surface area contributed by atoms with Crippen LogP contribution in [0.1, 0.15) is 28.9 Å². The number of amides is 1. The molecular formula is C18H19N3O3. The predicted molar refractivity (Wildman–Crippen MR) is 89.9 cm³/mol. The van der Waals surface area contributed by atoms with Crippen LogP contribution in [0.5, 0.6) is 0 Å². The van der Waals surface area contributed by atoms with Crippen LogP contribution in [0.3, 0.4) is 0 Å². The highest BCUT2D eigenvalue weighted by molar-refractivity contribution is 5.93. The van der Waals surface area contributed by atoms with E-state index in [4.69, 9.17) is 0 Å². The molecule has 0 aliphatic carbocycles. The average molecular weight is 325 g/mol. The number of carbonyl (C=O) groups is 2. The number of aromatic nitrogens is 1. The van der Waals surface area contributed by atoms with Gasteiger partial charge < -0.3 is 15.3 Å². The van der Waals surface area contributed by atoms with Gasteiger partial charge in [0.05, 0.1) is 0 Å². The molecule has 1 unspecified atom stereocenters. The first kappa shape index (κ1) is 16.0. The van der Waals surface area contributed by atoms with Crippen molar-refractivity contribution in [1.82, 2.24) is 10.3 Å². The van der Waals surface area contributed by atoms with E-state index in [1.165, 1.54) is 0 Å². The van der Waals surface area contributed by atoms with E-state index in [1.807, 2.05) is 35.2 Å². The van der Waals surface area contributed by atoms with E-state index in [0.29, 0.717) is 25.2 Å². The number of pyridine rings is 1. The Morgan fingerprint density at radius 2 is 2.04 bits per heavy atom. The first-order valence-electron chi connectivity index (χ1n) is 7.93. The van der Waals surface area contributed by atoms with E-state index < -0.39 is 12.0 Å². The molecule has 0 spiro atoms. The molecule has 1 aromatic heterocycles. The van der Waals surface area contributed by atoms with Crippen molar-refractivity contribution in [3.8, 4) is 0 Å². The number of aliphatic carboxylic acids is 1. The fraction of sp³-hybridized carbons (Fsp3) is 0.278. The molecule has 1 amide bonds. The molecule has 2 aromatic rings. The first-order valence-corrected chi connectivity index (χ1v) is 7.93. The molecule has 6 heteroatoms. The summed E-state index contributed by atoms with van der Waals surface area (Å²) in [7, 11) is 0. The van der Waals surface area contributed by atoms with Crippen LogP contribution in [0.25, 0.3) is 0 Å². The zero-order valence-corrected chi connectivity index (χ0v) is 13.2. The van der Waals surface area contributed by atoms with Crippen LogP contribution in [0, 0.1) is 0 Å². The SMILES string of the molecule is O=C(NCc1ccccc1)c1cc(N2CCCC2C(=O)O)ccn1. The smallest absolute Gasteiger partial charge is 0.326 e. The average Bonchev–Trinajstić information content (AvgIpc) is 3.11. The second-order valence-corrected chi connectivity index (χ2v) is 5.76. The third kappa shape index (κ3) is 3.53. The van der Waals surface area contributed by atoms with Crippen LogP contribution < -0.4 is 10.2 Å². The molecular weight excluding hydrogens is 306 g/mol. The molecule has 1 aliphatic rings. The Bertz CT molecular complexity index is 733. The Morgan fingerprint density at radius 1 is 1.25 bits per heavy atom. The molecule has 124 valence electrons. The first-order chi connectivity index (χ1) is 11.6. The number of rotatable bonds is 5. The van der Waals surface area contributed by atoms with Crippen molar-refractivity contribution < 1.29 is 14.7 Å². The summed E-state index contributed by atoms with van der Waals surface area (Å²) in [4.78, 5) is 29.5. The van der Waals surface area contributed by atoms with Gasteiger partial charge in [-0.05, 0) is 30.5 Å². The summed E-state index contributed by atoms with van der Waals surface area (Å²) in [5, 5.41) is 12.1. The van der Waals surface area contributed by atoms with E-state index in [0.717, 1.165) is 17.7 Å². The van der Waals surface area contributed by atoms with Crippen LogP contribution in [0.15, 0.2) is 48.7 Å². The van der Waals surface area contributed by atoms with Crippen LogP contribution in [0.4, 0.5) is 5.69 Å². The van der Waals surface area contributed by atoms with Gasteiger partial charge in [0.1, 0.15) is 11.7 Å². The van der Waals surface area contributed by atoms with Crippen molar-refractivity contribution in [3.63, 3.8) is 0 Å². The Morgan fingerprint density at radius 3 is 2.79 bits per heavy atom. The van der Waals surface area contributed by atoms with Gasteiger partial charge in [-0.2, -0.15) is 0 Å². The van der Waals surface area contributed by atoms with Crippen LogP contribution in [-0.4, -0.2) is 34.6 Å². The van der Waals surface area contributed by atoms with Crippen molar-refractivity contribution in [2.45, 2.75) is 25.4 Å². The fourth-order valence-electron chi connectivity index (χ4n) is 2.92. The fourth-order valence-corrected chi connectivity index (χ4v) is 2.92. The normalized spacial score (nSPS) is 16.8. The van der Waals surface area contributed by atoms with Gasteiger partial charge in [0.25, 0.3) is 5.91 Å². The minimum absolute atomic E-state index is 0.272. The third-order valence-corrected chi connectivity index (χ3v) is 4.14. The molecule has 2 heterocycles. The predicted octanol–water partition coefficient (Wildman–Crippen LogP) is 2.06. The van der Waals surface area contributed by atoms with Gasteiger partial charge in [0.2, 0.25) is 0 Å². The van der Waals surface area contributed by atoms with Gasteiger partial charge in [-0.25, -0.2) is 4.79 Å². The summed E-state index contributed by atoms with van der Waals surface area (Å²) in [6.07, 6.45) is 2.99. The minimum Gasteiger partial charge on any atom is -0.480 e. The Kier molecular flexibility index (Phi) is 4.74. The molecule has 0 bridgehead atoms. The maximum atomic E-state index is 12.3. The zero-order chi connectivity index (χ0) is 16.9. The Labute approximate surface area is 140 Å². The molecule has 1 atom stereocenters. The van der Waals surface area contributed by atoms with E-state index in [-0.39, 0.29) is 5.91 Å². The van der Waals surface area contributed by atoms with Crippen LogP contribution in [0.2, 0.25) is 0 Å². The molecule has 1 aliphatic heterocycles. The highest BCUT2D eigenvalue weighted by Crippen LogP contribution is 2.25. The minimum atomic E-state index is -0.834. The summed E-state index contributed by atoms with van der Waals surface area (Å²) < 4.78 is 0. The van der Waals surface area contributed by atoms with Gasteiger partial charge in [-0.3, -0.25) is 9.78 Å².